The van der Waals surface area contributed by atoms with Crippen LogP contribution in [-0.2, 0) is 9.53 Å². The van der Waals surface area contributed by atoms with Crippen molar-refractivity contribution in [2.24, 2.45) is 46.8 Å². The SMILES string of the molecule is COC(=O)CC[C@@H](C)[C@H]1CCC2C3CC[C@H]4C[C@@H](O)CC[C@H](C4)C3CC[C@@]21C. The highest BCUT2D eigenvalue weighted by atomic mass is 16.5. The van der Waals surface area contributed by atoms with Crippen LogP contribution < -0.4 is 0 Å². The summed E-state index contributed by atoms with van der Waals surface area (Å²) in [7, 11) is 1.50. The Bertz CT molecular complexity index is 560. The van der Waals surface area contributed by atoms with Crippen molar-refractivity contribution in [2.75, 3.05) is 7.11 Å². The average Bonchev–Trinajstić information content (AvgIpc) is 2.81. The number of hydrogen-bond donors (Lipinski definition) is 1. The predicted molar refractivity (Wildman–Crippen MR) is 112 cm³/mol. The van der Waals surface area contributed by atoms with Crippen LogP contribution in [0.4, 0.5) is 0 Å². The Hall–Kier alpha value is -0.570. The fourth-order valence-corrected chi connectivity index (χ4v) is 8.55. The number of methoxy groups -OCH3 is 1. The Balaban J connectivity index is 1.47. The molecule has 0 heterocycles. The molecule has 160 valence electrons. The summed E-state index contributed by atoms with van der Waals surface area (Å²) in [5.74, 6) is 5.71. The maximum atomic E-state index is 11.6. The largest absolute Gasteiger partial charge is 0.469 e. The highest BCUT2D eigenvalue weighted by Crippen LogP contribution is 2.64. The van der Waals surface area contributed by atoms with Gasteiger partial charge in [0.25, 0.3) is 0 Å². The number of carbonyl (C=O) groups excluding carboxylic acids is 1. The summed E-state index contributed by atoms with van der Waals surface area (Å²) in [6.07, 6.45) is 14.6. The van der Waals surface area contributed by atoms with E-state index < -0.39 is 0 Å². The lowest BCUT2D eigenvalue weighted by molar-refractivity contribution is -0.141. The summed E-state index contributed by atoms with van der Waals surface area (Å²) in [5, 5.41) is 10.3. The number of aliphatic hydroxyl groups excluding tert-OH is 1. The summed E-state index contributed by atoms with van der Waals surface area (Å²) in [4.78, 5) is 11.6. The molecule has 4 saturated carbocycles. The fourth-order valence-electron chi connectivity index (χ4n) is 8.55. The third-order valence-corrected chi connectivity index (χ3v) is 9.91. The van der Waals surface area contributed by atoms with Gasteiger partial charge in [0.05, 0.1) is 13.2 Å². The van der Waals surface area contributed by atoms with Crippen molar-refractivity contribution in [3.05, 3.63) is 0 Å². The molecule has 0 amide bonds. The van der Waals surface area contributed by atoms with E-state index in [-0.39, 0.29) is 12.1 Å². The minimum atomic E-state index is -0.0513. The molecule has 0 aromatic heterocycles. The fraction of sp³-hybridized carbons (Fsp3) is 0.960. The third kappa shape index (κ3) is 3.77. The first-order valence-corrected chi connectivity index (χ1v) is 12.2. The van der Waals surface area contributed by atoms with Gasteiger partial charge in [0, 0.05) is 6.42 Å². The zero-order chi connectivity index (χ0) is 19.9. The molecule has 4 fully saturated rings. The lowest BCUT2D eigenvalue weighted by Crippen LogP contribution is -2.44. The number of aliphatic hydroxyl groups is 1. The molecule has 4 aliphatic rings. The molecule has 3 heteroatoms. The molecule has 0 radical (unpaired) electrons. The molecular formula is C25H42O3. The van der Waals surface area contributed by atoms with Crippen LogP contribution in [0, 0.1) is 46.8 Å². The second-order valence-corrected chi connectivity index (χ2v) is 11.2. The van der Waals surface area contributed by atoms with Crippen LogP contribution >= 0.6 is 0 Å². The Kier molecular flexibility index (Phi) is 6.12. The lowest BCUT2D eigenvalue weighted by atomic mass is 9.54. The molecule has 0 aliphatic heterocycles. The second kappa shape index (κ2) is 8.28. The molecule has 2 bridgehead atoms. The van der Waals surface area contributed by atoms with Crippen molar-refractivity contribution in [3.8, 4) is 0 Å². The van der Waals surface area contributed by atoms with E-state index in [2.05, 4.69) is 13.8 Å². The van der Waals surface area contributed by atoms with Crippen molar-refractivity contribution in [1.82, 2.24) is 0 Å². The summed E-state index contributed by atoms with van der Waals surface area (Å²) in [6, 6.07) is 0. The zero-order valence-corrected chi connectivity index (χ0v) is 18.4. The van der Waals surface area contributed by atoms with Crippen molar-refractivity contribution < 1.29 is 14.6 Å². The summed E-state index contributed by atoms with van der Waals surface area (Å²) < 4.78 is 4.88. The van der Waals surface area contributed by atoms with E-state index in [0.717, 1.165) is 54.8 Å². The van der Waals surface area contributed by atoms with Crippen LogP contribution in [0.2, 0.25) is 0 Å². The molecule has 28 heavy (non-hydrogen) atoms. The van der Waals surface area contributed by atoms with Gasteiger partial charge in [-0.1, -0.05) is 20.3 Å². The number of hydrogen-bond acceptors (Lipinski definition) is 3. The topological polar surface area (TPSA) is 46.5 Å². The molecular weight excluding hydrogens is 348 g/mol. The molecule has 0 saturated heterocycles. The highest BCUT2D eigenvalue weighted by Gasteiger charge is 2.56. The molecule has 9 atom stereocenters. The van der Waals surface area contributed by atoms with Crippen LogP contribution in [0.25, 0.3) is 0 Å². The number of esters is 1. The van der Waals surface area contributed by atoms with E-state index >= 15 is 0 Å². The van der Waals surface area contributed by atoms with E-state index in [1.807, 2.05) is 0 Å². The first kappa shape index (κ1) is 20.7. The van der Waals surface area contributed by atoms with E-state index in [1.165, 1.54) is 58.5 Å². The maximum absolute atomic E-state index is 11.6. The molecule has 3 unspecified atom stereocenters. The molecule has 4 aliphatic carbocycles. The van der Waals surface area contributed by atoms with E-state index in [0.29, 0.717) is 17.8 Å². The normalized spacial score (nSPS) is 46.6. The second-order valence-electron chi connectivity index (χ2n) is 11.2. The van der Waals surface area contributed by atoms with Gasteiger partial charge in [-0.05, 0) is 111 Å². The first-order valence-electron chi connectivity index (χ1n) is 12.2. The van der Waals surface area contributed by atoms with Crippen LogP contribution in [0.1, 0.15) is 90.9 Å². The smallest absolute Gasteiger partial charge is 0.305 e. The first-order chi connectivity index (χ1) is 13.4. The third-order valence-electron chi connectivity index (χ3n) is 9.91. The zero-order valence-electron chi connectivity index (χ0n) is 18.4. The van der Waals surface area contributed by atoms with Crippen LogP contribution in [0.5, 0.6) is 0 Å². The van der Waals surface area contributed by atoms with Gasteiger partial charge >= 0.3 is 5.97 Å². The van der Waals surface area contributed by atoms with Crippen LogP contribution in [0.15, 0.2) is 0 Å². The minimum Gasteiger partial charge on any atom is -0.469 e. The van der Waals surface area contributed by atoms with Gasteiger partial charge in [-0.15, -0.1) is 0 Å². The summed E-state index contributed by atoms with van der Waals surface area (Å²) in [6.45, 7) is 4.99. The minimum absolute atomic E-state index is 0.0353. The maximum Gasteiger partial charge on any atom is 0.305 e. The Labute approximate surface area is 172 Å². The Morgan fingerprint density at radius 3 is 2.68 bits per heavy atom. The highest BCUT2D eigenvalue weighted by molar-refractivity contribution is 5.69. The van der Waals surface area contributed by atoms with Crippen molar-refractivity contribution in [1.29, 1.82) is 0 Å². The number of carbonyl (C=O) groups is 1. The van der Waals surface area contributed by atoms with Crippen molar-refractivity contribution in [3.63, 3.8) is 0 Å². The van der Waals surface area contributed by atoms with Crippen molar-refractivity contribution >= 4 is 5.97 Å². The number of rotatable bonds is 4. The predicted octanol–water partition coefficient (Wildman–Crippen LogP) is 5.60. The van der Waals surface area contributed by atoms with Gasteiger partial charge in [-0.3, -0.25) is 4.79 Å². The van der Waals surface area contributed by atoms with Gasteiger partial charge < -0.3 is 9.84 Å². The van der Waals surface area contributed by atoms with Gasteiger partial charge in [0.2, 0.25) is 0 Å². The average molecular weight is 391 g/mol. The monoisotopic (exact) mass is 390 g/mol. The summed E-state index contributed by atoms with van der Waals surface area (Å²) >= 11 is 0. The molecule has 1 N–H and O–H groups in total. The lowest BCUT2D eigenvalue weighted by Gasteiger charge is -2.51. The number of fused-ring (bicyclic) bond motifs is 6. The van der Waals surface area contributed by atoms with E-state index in [9.17, 15) is 9.90 Å². The van der Waals surface area contributed by atoms with Crippen LogP contribution in [0.3, 0.4) is 0 Å². The standard InChI is InChI=1S/C25H42O3/c1-16(4-11-24(27)28-3)22-9-10-23-21-8-5-17-14-18(6-7-19(26)15-17)20(21)12-13-25(22,23)2/h16-23,26H,4-15H2,1-3H3/t16-,17-,18-,19+,20?,21?,22-,23?,25-/m1/s1. The molecule has 0 spiro atoms. The molecule has 0 aromatic carbocycles. The summed E-state index contributed by atoms with van der Waals surface area (Å²) in [5.41, 5.74) is 0.477. The van der Waals surface area contributed by atoms with Crippen LogP contribution in [-0.4, -0.2) is 24.3 Å². The van der Waals surface area contributed by atoms with Gasteiger partial charge in [0.1, 0.15) is 0 Å². The quantitative estimate of drug-likeness (QED) is 0.636. The van der Waals surface area contributed by atoms with E-state index in [4.69, 9.17) is 4.74 Å². The molecule has 3 nitrogen and oxygen atoms in total. The van der Waals surface area contributed by atoms with Crippen molar-refractivity contribution in [2.45, 2.75) is 97.0 Å². The van der Waals surface area contributed by atoms with Gasteiger partial charge in [0.15, 0.2) is 0 Å². The number of ether oxygens (including phenoxy) is 1. The Morgan fingerprint density at radius 1 is 1.07 bits per heavy atom. The van der Waals surface area contributed by atoms with Gasteiger partial charge in [-0.25, -0.2) is 0 Å². The van der Waals surface area contributed by atoms with E-state index in [1.54, 1.807) is 0 Å². The molecule has 4 rings (SSSR count). The van der Waals surface area contributed by atoms with Gasteiger partial charge in [-0.2, -0.15) is 0 Å². The molecule has 0 aromatic rings. The Morgan fingerprint density at radius 2 is 1.89 bits per heavy atom.